The number of carbonyl (C=O) groups excluding carboxylic acids is 2. The van der Waals surface area contributed by atoms with Crippen LogP contribution in [-0.2, 0) is 19.1 Å². The highest BCUT2D eigenvalue weighted by Crippen LogP contribution is 2.64. The van der Waals surface area contributed by atoms with Gasteiger partial charge in [-0.15, -0.1) is 6.58 Å². The second kappa shape index (κ2) is 7.74. The molecule has 0 aromatic carbocycles. The van der Waals surface area contributed by atoms with E-state index in [1.807, 2.05) is 24.8 Å². The van der Waals surface area contributed by atoms with Crippen LogP contribution in [0.3, 0.4) is 0 Å². The fourth-order valence-corrected chi connectivity index (χ4v) is 6.90. The van der Waals surface area contributed by atoms with Crippen molar-refractivity contribution < 1.29 is 29.3 Å². The molecule has 33 heavy (non-hydrogen) atoms. The third-order valence-corrected chi connectivity index (χ3v) is 8.93. The summed E-state index contributed by atoms with van der Waals surface area (Å²) in [7, 11) is 0. The topological polar surface area (TPSA) is 96.3 Å². The van der Waals surface area contributed by atoms with Gasteiger partial charge in [0.25, 0.3) is 0 Å². The van der Waals surface area contributed by atoms with Crippen LogP contribution in [-0.4, -0.2) is 75.5 Å². The van der Waals surface area contributed by atoms with Gasteiger partial charge in [-0.05, 0) is 71.0 Å². The molecule has 7 nitrogen and oxygen atoms in total. The number of ether oxygens (including phenoxy) is 2. The van der Waals surface area contributed by atoms with Crippen LogP contribution in [0.5, 0.6) is 0 Å². The van der Waals surface area contributed by atoms with E-state index >= 15 is 0 Å². The minimum Gasteiger partial charge on any atom is -0.454 e. The molecule has 0 aromatic rings. The summed E-state index contributed by atoms with van der Waals surface area (Å²) in [5.74, 6) is -0.842. The summed E-state index contributed by atoms with van der Waals surface area (Å²) in [6, 6.07) is 0. The number of aliphatic hydroxyl groups excluding tert-OH is 1. The molecule has 1 saturated carbocycles. The second-order valence-corrected chi connectivity index (χ2v) is 11.7. The molecule has 2 aliphatic heterocycles. The molecule has 0 aromatic heterocycles. The Morgan fingerprint density at radius 3 is 2.52 bits per heavy atom. The molecule has 2 N–H and O–H groups in total. The van der Waals surface area contributed by atoms with E-state index in [4.69, 9.17) is 9.47 Å². The Labute approximate surface area is 196 Å². The number of nitrogens with zero attached hydrogens (tertiary/aromatic N) is 1. The van der Waals surface area contributed by atoms with Crippen LogP contribution in [0.25, 0.3) is 0 Å². The van der Waals surface area contributed by atoms with Crippen LogP contribution in [0.1, 0.15) is 66.7 Å². The van der Waals surface area contributed by atoms with Gasteiger partial charge in [-0.1, -0.05) is 25.5 Å². The molecular formula is C26H39NO6. The summed E-state index contributed by atoms with van der Waals surface area (Å²) >= 11 is 0. The molecule has 3 fully saturated rings. The van der Waals surface area contributed by atoms with Gasteiger partial charge in [-0.25, -0.2) is 0 Å². The SMILES string of the molecule is C=C[C@@]1(C)CC(=O)[C@@]2(O)[C@](C)(O1)[C@@H](OC(=O)CN1CCCC1)C=C1C(C)(C)CC[C@H](O)[C@@]12C. The van der Waals surface area contributed by atoms with E-state index < -0.39 is 51.6 Å². The van der Waals surface area contributed by atoms with Gasteiger partial charge in [0.1, 0.15) is 5.60 Å². The zero-order valence-corrected chi connectivity index (χ0v) is 20.6. The van der Waals surface area contributed by atoms with E-state index in [1.165, 1.54) is 0 Å². The van der Waals surface area contributed by atoms with Gasteiger partial charge in [-0.3, -0.25) is 14.5 Å². The summed E-state index contributed by atoms with van der Waals surface area (Å²) in [6.45, 7) is 14.9. The van der Waals surface area contributed by atoms with E-state index in [0.717, 1.165) is 31.5 Å². The molecule has 0 spiro atoms. The van der Waals surface area contributed by atoms with E-state index in [9.17, 15) is 19.8 Å². The molecule has 184 valence electrons. The zero-order valence-electron chi connectivity index (χ0n) is 20.6. The first-order valence-electron chi connectivity index (χ1n) is 12.2. The van der Waals surface area contributed by atoms with Crippen LogP contribution >= 0.6 is 0 Å². The third-order valence-electron chi connectivity index (χ3n) is 8.93. The lowest BCUT2D eigenvalue weighted by Gasteiger charge is -2.66. The maximum Gasteiger partial charge on any atom is 0.320 e. The summed E-state index contributed by atoms with van der Waals surface area (Å²) in [6.07, 6.45) is 4.63. The number of hydrogen-bond acceptors (Lipinski definition) is 7. The largest absolute Gasteiger partial charge is 0.454 e. The number of ketones is 1. The lowest BCUT2D eigenvalue weighted by molar-refractivity contribution is -0.305. The monoisotopic (exact) mass is 461 g/mol. The van der Waals surface area contributed by atoms with Crippen molar-refractivity contribution >= 4 is 11.8 Å². The maximum atomic E-state index is 13.8. The Hall–Kier alpha value is -1.54. The molecule has 0 unspecified atom stereocenters. The number of esters is 1. The van der Waals surface area contributed by atoms with E-state index in [0.29, 0.717) is 12.8 Å². The van der Waals surface area contributed by atoms with Crippen LogP contribution in [0.4, 0.5) is 0 Å². The highest BCUT2D eigenvalue weighted by molar-refractivity contribution is 5.93. The molecule has 2 aliphatic carbocycles. The average Bonchev–Trinajstić information content (AvgIpc) is 3.23. The van der Waals surface area contributed by atoms with Gasteiger partial charge in [0.2, 0.25) is 0 Å². The predicted molar refractivity (Wildman–Crippen MR) is 123 cm³/mol. The van der Waals surface area contributed by atoms with Crippen molar-refractivity contribution in [3.05, 3.63) is 24.3 Å². The predicted octanol–water partition coefficient (Wildman–Crippen LogP) is 2.55. The minimum atomic E-state index is -2.08. The van der Waals surface area contributed by atoms with E-state index in [2.05, 4.69) is 6.58 Å². The molecule has 0 radical (unpaired) electrons. The Morgan fingerprint density at radius 2 is 1.91 bits per heavy atom. The molecule has 7 heteroatoms. The summed E-state index contributed by atoms with van der Waals surface area (Å²) in [4.78, 5) is 28.8. The van der Waals surface area contributed by atoms with Crippen molar-refractivity contribution in [3.8, 4) is 0 Å². The minimum absolute atomic E-state index is 0.0763. The van der Waals surface area contributed by atoms with Crippen molar-refractivity contribution in [1.29, 1.82) is 0 Å². The first kappa shape index (κ1) is 24.6. The number of aliphatic hydroxyl groups is 2. The van der Waals surface area contributed by atoms with Crippen molar-refractivity contribution in [2.45, 2.75) is 95.7 Å². The lowest BCUT2D eigenvalue weighted by atomic mass is 9.44. The van der Waals surface area contributed by atoms with Gasteiger partial charge in [0, 0.05) is 6.42 Å². The van der Waals surface area contributed by atoms with Crippen LogP contribution in [0, 0.1) is 10.8 Å². The number of hydrogen-bond donors (Lipinski definition) is 2. The number of fused-ring (bicyclic) bond motifs is 3. The van der Waals surface area contributed by atoms with Gasteiger partial charge >= 0.3 is 5.97 Å². The number of carbonyl (C=O) groups is 2. The van der Waals surface area contributed by atoms with E-state index in [-0.39, 0.29) is 13.0 Å². The van der Waals surface area contributed by atoms with Gasteiger partial charge < -0.3 is 19.7 Å². The molecule has 2 heterocycles. The molecule has 4 aliphatic rings. The summed E-state index contributed by atoms with van der Waals surface area (Å²) in [5, 5.41) is 23.6. The Balaban J connectivity index is 1.84. The molecular weight excluding hydrogens is 422 g/mol. The molecule has 2 saturated heterocycles. The third kappa shape index (κ3) is 3.38. The van der Waals surface area contributed by atoms with Crippen LogP contribution in [0.15, 0.2) is 24.3 Å². The first-order valence-corrected chi connectivity index (χ1v) is 12.2. The second-order valence-electron chi connectivity index (χ2n) is 11.7. The number of likely N-dealkylation sites (tertiary alicyclic amines) is 1. The van der Waals surface area contributed by atoms with Crippen LogP contribution in [0.2, 0.25) is 0 Å². The summed E-state index contributed by atoms with van der Waals surface area (Å²) < 4.78 is 12.5. The number of rotatable bonds is 4. The van der Waals surface area contributed by atoms with Crippen molar-refractivity contribution in [3.63, 3.8) is 0 Å². The van der Waals surface area contributed by atoms with Gasteiger partial charge in [0.05, 0.1) is 23.7 Å². The molecule has 6 atom stereocenters. The van der Waals surface area contributed by atoms with Crippen LogP contribution < -0.4 is 0 Å². The Kier molecular flexibility index (Phi) is 5.76. The smallest absolute Gasteiger partial charge is 0.320 e. The number of Topliss-reactive ketones (excluding diaryl/α,β-unsaturated/α-hetero) is 1. The molecule has 0 amide bonds. The molecule has 4 rings (SSSR count). The highest BCUT2D eigenvalue weighted by atomic mass is 16.6. The highest BCUT2D eigenvalue weighted by Gasteiger charge is 2.76. The average molecular weight is 462 g/mol. The fourth-order valence-electron chi connectivity index (χ4n) is 6.90. The Bertz CT molecular complexity index is 891. The van der Waals surface area contributed by atoms with Gasteiger partial charge in [0.15, 0.2) is 17.5 Å². The van der Waals surface area contributed by atoms with Crippen molar-refractivity contribution in [2.75, 3.05) is 19.6 Å². The quantitative estimate of drug-likeness (QED) is 0.491. The van der Waals surface area contributed by atoms with E-state index in [1.54, 1.807) is 26.8 Å². The zero-order chi connectivity index (χ0) is 24.4. The standard InChI is InChI=1S/C26H39NO6/c1-7-23(4)15-19(29)26(31)24(5)17(22(2,3)11-10-18(24)28)14-20(25(26,6)33-23)32-21(30)16-27-12-8-9-13-27/h7,14,18,20,28,31H,1,8-13,15-16H2,2-6H3/t18-,20-,23-,24+,25+,26-/m0/s1. The van der Waals surface area contributed by atoms with Crippen molar-refractivity contribution in [1.82, 2.24) is 4.90 Å². The lowest BCUT2D eigenvalue weighted by Crippen LogP contribution is -2.81. The maximum absolute atomic E-state index is 13.8. The Morgan fingerprint density at radius 1 is 1.27 bits per heavy atom. The molecule has 0 bridgehead atoms. The van der Waals surface area contributed by atoms with Gasteiger partial charge in [-0.2, -0.15) is 0 Å². The fraction of sp³-hybridized carbons (Fsp3) is 0.769. The van der Waals surface area contributed by atoms with Crippen molar-refractivity contribution in [2.24, 2.45) is 10.8 Å². The summed E-state index contributed by atoms with van der Waals surface area (Å²) in [5.41, 5.74) is -5.65. The first-order chi connectivity index (χ1) is 15.2. The normalized spacial score (nSPS) is 45.1.